The zero-order valence-electron chi connectivity index (χ0n) is 15.5. The van der Waals surface area contributed by atoms with Crippen molar-refractivity contribution < 1.29 is 0 Å². The lowest BCUT2D eigenvalue weighted by molar-refractivity contribution is 0.991. The van der Waals surface area contributed by atoms with Gasteiger partial charge in [-0.1, -0.05) is 42.0 Å². The van der Waals surface area contributed by atoms with Gasteiger partial charge in [0.05, 0.1) is 5.39 Å². The van der Waals surface area contributed by atoms with E-state index in [-0.39, 0.29) is 5.28 Å². The summed E-state index contributed by atoms with van der Waals surface area (Å²) in [6.45, 7) is 7.18. The summed E-state index contributed by atoms with van der Waals surface area (Å²) in [7, 11) is 0. The van der Waals surface area contributed by atoms with Crippen LogP contribution in [0.5, 0.6) is 0 Å². The fourth-order valence-electron chi connectivity index (χ4n) is 3.47. The fraction of sp³-hybridized carbons (Fsp3) is 0.182. The topological polar surface area (TPSA) is 29.0 Å². The minimum Gasteiger partial charge on any atom is -0.326 e. The highest BCUT2D eigenvalue weighted by Crippen LogP contribution is 2.41. The third kappa shape index (κ3) is 3.31. The Kier molecular flexibility index (Phi) is 4.85. The molecule has 0 atom stereocenters. The summed E-state index contributed by atoms with van der Waals surface area (Å²) in [4.78, 5) is 12.2. The molecule has 136 valence electrons. The molecule has 4 aromatic rings. The van der Waals surface area contributed by atoms with Crippen molar-refractivity contribution in [2.75, 3.05) is 11.4 Å². The number of nitrogens with zero attached hydrogens (tertiary/aromatic N) is 3. The predicted molar refractivity (Wildman–Crippen MR) is 116 cm³/mol. The van der Waals surface area contributed by atoms with E-state index in [4.69, 9.17) is 11.6 Å². The minimum atomic E-state index is 0.279. The van der Waals surface area contributed by atoms with E-state index in [0.29, 0.717) is 0 Å². The maximum atomic E-state index is 6.28. The molecule has 2 aromatic heterocycles. The number of aryl methyl sites for hydroxylation is 2. The van der Waals surface area contributed by atoms with Crippen LogP contribution >= 0.6 is 22.9 Å². The van der Waals surface area contributed by atoms with Gasteiger partial charge in [0.2, 0.25) is 5.28 Å². The maximum Gasteiger partial charge on any atom is 0.225 e. The van der Waals surface area contributed by atoms with Gasteiger partial charge in [-0.15, -0.1) is 11.3 Å². The lowest BCUT2D eigenvalue weighted by atomic mass is 9.99. The molecule has 0 aliphatic heterocycles. The van der Waals surface area contributed by atoms with Gasteiger partial charge in [0.25, 0.3) is 0 Å². The highest BCUT2D eigenvalue weighted by molar-refractivity contribution is 7.17. The molecular formula is C22H20ClN3S. The van der Waals surface area contributed by atoms with E-state index in [9.17, 15) is 0 Å². The second-order valence-electron chi connectivity index (χ2n) is 6.54. The van der Waals surface area contributed by atoms with Crippen LogP contribution < -0.4 is 4.90 Å². The van der Waals surface area contributed by atoms with Gasteiger partial charge >= 0.3 is 0 Å². The number of anilines is 2. The van der Waals surface area contributed by atoms with Gasteiger partial charge < -0.3 is 4.90 Å². The van der Waals surface area contributed by atoms with Crippen molar-refractivity contribution in [1.29, 1.82) is 0 Å². The molecule has 0 aliphatic rings. The summed E-state index contributed by atoms with van der Waals surface area (Å²) in [5, 5.41) is 3.50. The number of fused-ring (bicyclic) bond motifs is 1. The largest absolute Gasteiger partial charge is 0.326 e. The van der Waals surface area contributed by atoms with Crippen LogP contribution in [0.25, 0.3) is 21.3 Å². The zero-order chi connectivity index (χ0) is 19.0. The molecule has 0 unspecified atom stereocenters. The van der Waals surface area contributed by atoms with E-state index in [1.807, 2.05) is 18.2 Å². The van der Waals surface area contributed by atoms with Gasteiger partial charge in [-0.25, -0.2) is 4.98 Å². The number of benzene rings is 2. The number of hydrogen-bond acceptors (Lipinski definition) is 4. The number of rotatable bonds is 4. The molecule has 3 nitrogen and oxygen atoms in total. The number of aromatic nitrogens is 2. The minimum absolute atomic E-state index is 0.279. The predicted octanol–water partition coefficient (Wildman–Crippen LogP) is 6.79. The lowest BCUT2D eigenvalue weighted by Gasteiger charge is -2.23. The van der Waals surface area contributed by atoms with Gasteiger partial charge in [-0.2, -0.15) is 4.98 Å². The Morgan fingerprint density at radius 3 is 2.48 bits per heavy atom. The standard InChI is InChI=1S/C22H20ClN3S/c1-4-26(16-8-6-5-7-9-16)20-19-18(13-27-21(19)25-22(23)24-20)17-11-10-14(2)12-15(17)3/h5-13H,4H2,1-3H3. The van der Waals surface area contributed by atoms with Crippen molar-refractivity contribution >= 4 is 44.7 Å². The van der Waals surface area contributed by atoms with Crippen LogP contribution in [0.15, 0.2) is 53.9 Å². The van der Waals surface area contributed by atoms with Gasteiger partial charge in [-0.05, 0) is 55.6 Å². The number of thiophene rings is 1. The molecule has 0 saturated heterocycles. The first kappa shape index (κ1) is 18.0. The van der Waals surface area contributed by atoms with E-state index >= 15 is 0 Å². The van der Waals surface area contributed by atoms with Crippen LogP contribution in [0.3, 0.4) is 0 Å². The van der Waals surface area contributed by atoms with Gasteiger partial charge in [-0.3, -0.25) is 0 Å². The monoisotopic (exact) mass is 393 g/mol. The van der Waals surface area contributed by atoms with E-state index in [2.05, 4.69) is 71.4 Å². The van der Waals surface area contributed by atoms with Gasteiger partial charge in [0.15, 0.2) is 0 Å². The summed E-state index contributed by atoms with van der Waals surface area (Å²) in [6.07, 6.45) is 0. The second kappa shape index (κ2) is 7.29. The highest BCUT2D eigenvalue weighted by atomic mass is 35.5. The third-order valence-corrected chi connectivity index (χ3v) is 5.74. The number of halogens is 1. The van der Waals surface area contributed by atoms with E-state index in [1.165, 1.54) is 16.7 Å². The smallest absolute Gasteiger partial charge is 0.225 e. The molecule has 2 aromatic carbocycles. The first-order valence-electron chi connectivity index (χ1n) is 8.93. The molecule has 2 heterocycles. The number of para-hydroxylation sites is 1. The second-order valence-corrected chi connectivity index (χ2v) is 7.74. The van der Waals surface area contributed by atoms with E-state index in [1.54, 1.807) is 11.3 Å². The Morgan fingerprint density at radius 2 is 1.78 bits per heavy atom. The maximum absolute atomic E-state index is 6.28. The average Bonchev–Trinajstić information content (AvgIpc) is 3.06. The molecule has 27 heavy (non-hydrogen) atoms. The molecule has 0 N–H and O–H groups in total. The molecular weight excluding hydrogens is 374 g/mol. The molecule has 0 saturated carbocycles. The van der Waals surface area contributed by atoms with Crippen LogP contribution in [-0.4, -0.2) is 16.5 Å². The van der Waals surface area contributed by atoms with Crippen LogP contribution in [0, 0.1) is 13.8 Å². The van der Waals surface area contributed by atoms with Crippen molar-refractivity contribution in [3.63, 3.8) is 0 Å². The van der Waals surface area contributed by atoms with Crippen molar-refractivity contribution in [3.8, 4) is 11.1 Å². The molecule has 0 spiro atoms. The Labute approximate surface area is 168 Å². The van der Waals surface area contributed by atoms with Crippen LogP contribution in [0.2, 0.25) is 5.28 Å². The first-order chi connectivity index (χ1) is 13.1. The van der Waals surface area contributed by atoms with Gasteiger partial charge in [0.1, 0.15) is 10.6 Å². The Bertz CT molecular complexity index is 1110. The van der Waals surface area contributed by atoms with Crippen molar-refractivity contribution in [2.45, 2.75) is 20.8 Å². The van der Waals surface area contributed by atoms with E-state index in [0.717, 1.165) is 33.8 Å². The summed E-state index contributed by atoms with van der Waals surface area (Å²) >= 11 is 7.89. The SMILES string of the molecule is CCN(c1ccccc1)c1nc(Cl)nc2scc(-c3ccc(C)cc3C)c12. The molecule has 0 amide bonds. The Hall–Kier alpha value is -2.43. The molecule has 4 rings (SSSR count). The Balaban J connectivity index is 1.99. The molecule has 5 heteroatoms. The summed E-state index contributed by atoms with van der Waals surface area (Å²) in [6, 6.07) is 16.8. The summed E-state index contributed by atoms with van der Waals surface area (Å²) < 4.78 is 0. The molecule has 0 radical (unpaired) electrons. The number of hydrogen-bond donors (Lipinski definition) is 0. The van der Waals surface area contributed by atoms with Crippen molar-refractivity contribution in [2.24, 2.45) is 0 Å². The third-order valence-electron chi connectivity index (χ3n) is 4.70. The summed E-state index contributed by atoms with van der Waals surface area (Å²) in [5.41, 5.74) is 5.97. The summed E-state index contributed by atoms with van der Waals surface area (Å²) in [5.74, 6) is 0.856. The van der Waals surface area contributed by atoms with Crippen molar-refractivity contribution in [1.82, 2.24) is 9.97 Å². The van der Waals surface area contributed by atoms with E-state index < -0.39 is 0 Å². The Morgan fingerprint density at radius 1 is 1.00 bits per heavy atom. The van der Waals surface area contributed by atoms with Gasteiger partial charge in [0, 0.05) is 23.2 Å². The normalized spacial score (nSPS) is 11.1. The first-order valence-corrected chi connectivity index (χ1v) is 10.2. The average molecular weight is 394 g/mol. The van der Waals surface area contributed by atoms with Crippen molar-refractivity contribution in [3.05, 3.63) is 70.3 Å². The zero-order valence-corrected chi connectivity index (χ0v) is 17.1. The highest BCUT2D eigenvalue weighted by Gasteiger charge is 2.20. The molecule has 0 aliphatic carbocycles. The van der Waals surface area contributed by atoms with Crippen LogP contribution in [0.4, 0.5) is 11.5 Å². The van der Waals surface area contributed by atoms with Crippen LogP contribution in [-0.2, 0) is 0 Å². The molecule has 0 fully saturated rings. The fourth-order valence-corrected chi connectivity index (χ4v) is 4.62. The lowest BCUT2D eigenvalue weighted by Crippen LogP contribution is -2.18. The van der Waals surface area contributed by atoms with Crippen LogP contribution in [0.1, 0.15) is 18.1 Å². The quantitative estimate of drug-likeness (QED) is 0.357. The molecule has 0 bridgehead atoms.